The van der Waals surface area contributed by atoms with Gasteiger partial charge in [0.15, 0.2) is 5.60 Å². The molecule has 1 aromatic carbocycles. The molecule has 4 rings (SSSR count). The molecule has 2 saturated heterocycles. The van der Waals surface area contributed by atoms with E-state index in [-0.39, 0.29) is 48.6 Å². The normalized spacial score (nSPS) is 24.0. The van der Waals surface area contributed by atoms with Crippen LogP contribution in [0.3, 0.4) is 0 Å². The molecule has 2 atom stereocenters. The average Bonchev–Trinajstić information content (AvgIpc) is 2.83. The predicted octanol–water partition coefficient (Wildman–Crippen LogP) is 1.92. The number of alkyl halides is 3. The van der Waals surface area contributed by atoms with Gasteiger partial charge in [0.05, 0.1) is 17.5 Å². The molecular weight excluding hydrogens is 529 g/mol. The highest BCUT2D eigenvalue weighted by Gasteiger charge is 2.51. The van der Waals surface area contributed by atoms with Crippen LogP contribution in [0.4, 0.5) is 18.9 Å². The molecule has 0 saturated carbocycles. The molecule has 2 fully saturated rings. The fourth-order valence-electron chi connectivity index (χ4n) is 4.72. The molecule has 0 bridgehead atoms. The number of hydrogen-bond donors (Lipinski definition) is 2. The van der Waals surface area contributed by atoms with Crippen LogP contribution in [0, 0.1) is 0 Å². The van der Waals surface area contributed by atoms with E-state index in [2.05, 4.69) is 5.32 Å². The fourth-order valence-corrected chi connectivity index (χ4v) is 6.79. The second kappa shape index (κ2) is 10.4. The van der Waals surface area contributed by atoms with Crippen molar-refractivity contribution >= 4 is 38.7 Å². The van der Waals surface area contributed by atoms with Crippen molar-refractivity contribution in [3.8, 4) is 0 Å². The molecule has 2 N–H and O–H groups in total. The van der Waals surface area contributed by atoms with Gasteiger partial charge in [0, 0.05) is 56.2 Å². The number of aliphatic hydroxyl groups is 1. The summed E-state index contributed by atoms with van der Waals surface area (Å²) in [6.45, 7) is 2.88. The first-order valence-electron chi connectivity index (χ1n) is 11.9. The van der Waals surface area contributed by atoms with Crippen LogP contribution in [0.25, 0.3) is 0 Å². The SMILES string of the molecule is C[C@@](O)(c1ccc(N2CCN(S(=O)(=O)C3=CC=CCC3=S)C[C@@H]2CN2CCNC(=O)C2)cc1)C(F)(F)F. The van der Waals surface area contributed by atoms with Crippen LogP contribution in [0.15, 0.2) is 47.4 Å². The van der Waals surface area contributed by atoms with Gasteiger partial charge >= 0.3 is 6.18 Å². The summed E-state index contributed by atoms with van der Waals surface area (Å²) in [7, 11) is -3.85. The zero-order valence-corrected chi connectivity index (χ0v) is 21.9. The van der Waals surface area contributed by atoms with E-state index in [0.29, 0.717) is 43.5 Å². The number of halogens is 3. The number of piperazine rings is 2. The van der Waals surface area contributed by atoms with Gasteiger partial charge in [0.1, 0.15) is 0 Å². The Kier molecular flexibility index (Phi) is 7.82. The number of thiocarbonyl (C=S) groups is 1. The smallest absolute Gasteiger partial charge is 0.376 e. The van der Waals surface area contributed by atoms with Crippen LogP contribution in [0.2, 0.25) is 0 Å². The minimum Gasteiger partial charge on any atom is -0.376 e. The number of carbonyl (C=O) groups excluding carboxylic acids is 1. The first-order valence-corrected chi connectivity index (χ1v) is 13.7. The molecule has 202 valence electrons. The van der Waals surface area contributed by atoms with Gasteiger partial charge in [-0.2, -0.15) is 17.5 Å². The first kappa shape index (κ1) is 27.7. The van der Waals surface area contributed by atoms with Gasteiger partial charge in [-0.3, -0.25) is 9.69 Å². The van der Waals surface area contributed by atoms with Gasteiger partial charge in [0.25, 0.3) is 0 Å². The van der Waals surface area contributed by atoms with Crippen LogP contribution in [-0.4, -0.2) is 91.5 Å². The van der Waals surface area contributed by atoms with E-state index in [0.717, 1.165) is 0 Å². The Hall–Kier alpha value is -2.32. The Morgan fingerprint density at radius 2 is 1.86 bits per heavy atom. The van der Waals surface area contributed by atoms with Crippen molar-refractivity contribution in [2.24, 2.45) is 0 Å². The van der Waals surface area contributed by atoms with E-state index in [1.54, 1.807) is 12.2 Å². The third kappa shape index (κ3) is 5.75. The molecular formula is C24H29F3N4O4S2. The molecule has 0 unspecified atom stereocenters. The largest absolute Gasteiger partial charge is 0.421 e. The van der Waals surface area contributed by atoms with Crippen molar-refractivity contribution in [2.75, 3.05) is 50.7 Å². The Labute approximate surface area is 219 Å². The van der Waals surface area contributed by atoms with E-state index in [9.17, 15) is 31.5 Å². The molecule has 2 heterocycles. The first-order chi connectivity index (χ1) is 17.3. The summed E-state index contributed by atoms with van der Waals surface area (Å²) in [5.41, 5.74) is -2.69. The highest BCUT2D eigenvalue weighted by Crippen LogP contribution is 2.39. The van der Waals surface area contributed by atoms with E-state index in [1.165, 1.54) is 34.6 Å². The van der Waals surface area contributed by atoms with Crippen molar-refractivity contribution < 1.29 is 31.5 Å². The standard InChI is InChI=1S/C24H29F3N4O4S2/c1-23(33,24(25,26)27)17-6-8-18(9-7-17)31-13-12-30(37(34,35)21-5-3-2-4-20(21)36)15-19(31)14-29-11-10-28-22(32)16-29/h2-3,5-9,19,33H,4,10-16H2,1H3,(H,28,32)/t19-,23+/m0/s1. The van der Waals surface area contributed by atoms with Gasteiger partial charge < -0.3 is 15.3 Å². The summed E-state index contributed by atoms with van der Waals surface area (Å²) in [5, 5.41) is 12.8. The van der Waals surface area contributed by atoms with E-state index in [4.69, 9.17) is 12.2 Å². The highest BCUT2D eigenvalue weighted by molar-refractivity contribution is 7.96. The van der Waals surface area contributed by atoms with Gasteiger partial charge in [-0.1, -0.05) is 36.5 Å². The van der Waals surface area contributed by atoms with Gasteiger partial charge in [-0.25, -0.2) is 8.42 Å². The van der Waals surface area contributed by atoms with Gasteiger partial charge in [-0.15, -0.1) is 0 Å². The molecule has 1 aromatic rings. The summed E-state index contributed by atoms with van der Waals surface area (Å²) < 4.78 is 68.1. The number of sulfonamides is 1. The Bertz CT molecular complexity index is 1210. The number of benzene rings is 1. The minimum absolute atomic E-state index is 0.105. The lowest BCUT2D eigenvalue weighted by molar-refractivity contribution is -0.258. The lowest BCUT2D eigenvalue weighted by Gasteiger charge is -2.44. The number of carbonyl (C=O) groups is 1. The topological polar surface area (TPSA) is 93.2 Å². The van der Waals surface area contributed by atoms with Crippen molar-refractivity contribution in [1.82, 2.24) is 14.5 Å². The van der Waals surface area contributed by atoms with Crippen LogP contribution < -0.4 is 10.2 Å². The number of anilines is 1. The summed E-state index contributed by atoms with van der Waals surface area (Å²) in [6, 6.07) is 5.08. The van der Waals surface area contributed by atoms with Crippen LogP contribution in [-0.2, 0) is 20.4 Å². The molecule has 0 aromatic heterocycles. The Morgan fingerprint density at radius 3 is 2.49 bits per heavy atom. The highest BCUT2D eigenvalue weighted by atomic mass is 32.2. The van der Waals surface area contributed by atoms with Crippen molar-refractivity contribution in [1.29, 1.82) is 0 Å². The van der Waals surface area contributed by atoms with E-state index in [1.807, 2.05) is 9.80 Å². The number of nitrogens with one attached hydrogen (secondary N) is 1. The molecule has 0 radical (unpaired) electrons. The molecule has 1 aliphatic carbocycles. The molecule has 2 aliphatic heterocycles. The summed E-state index contributed by atoms with van der Waals surface area (Å²) in [6.07, 6.45) is 0.502. The second-order valence-corrected chi connectivity index (χ2v) is 11.9. The van der Waals surface area contributed by atoms with Crippen LogP contribution in [0.5, 0.6) is 0 Å². The third-order valence-corrected chi connectivity index (χ3v) is 9.39. The van der Waals surface area contributed by atoms with Crippen molar-refractivity contribution in [3.05, 3.63) is 53.0 Å². The van der Waals surface area contributed by atoms with Crippen molar-refractivity contribution in [3.63, 3.8) is 0 Å². The molecule has 37 heavy (non-hydrogen) atoms. The fraction of sp³-hybridized carbons (Fsp3) is 0.500. The minimum atomic E-state index is -4.84. The Morgan fingerprint density at radius 1 is 1.16 bits per heavy atom. The maximum Gasteiger partial charge on any atom is 0.421 e. The number of hydrogen-bond acceptors (Lipinski definition) is 7. The summed E-state index contributed by atoms with van der Waals surface area (Å²) >= 11 is 5.30. The van der Waals surface area contributed by atoms with E-state index < -0.39 is 21.8 Å². The lowest BCUT2D eigenvalue weighted by atomic mass is 9.95. The number of allylic oxidation sites excluding steroid dienone is 4. The predicted molar refractivity (Wildman–Crippen MR) is 138 cm³/mol. The lowest BCUT2D eigenvalue weighted by Crippen LogP contribution is -2.60. The Balaban J connectivity index is 1.60. The third-order valence-electron chi connectivity index (χ3n) is 6.92. The van der Waals surface area contributed by atoms with E-state index >= 15 is 0 Å². The number of rotatable bonds is 6. The molecule has 3 aliphatic rings. The monoisotopic (exact) mass is 558 g/mol. The maximum absolute atomic E-state index is 13.4. The number of amides is 1. The molecule has 0 spiro atoms. The van der Waals surface area contributed by atoms with Crippen LogP contribution >= 0.6 is 12.2 Å². The molecule has 8 nitrogen and oxygen atoms in total. The maximum atomic E-state index is 13.4. The molecule has 1 amide bonds. The van der Waals surface area contributed by atoms with Crippen LogP contribution in [0.1, 0.15) is 18.9 Å². The zero-order chi connectivity index (χ0) is 27.0. The summed E-state index contributed by atoms with van der Waals surface area (Å²) in [4.78, 5) is 16.3. The quantitative estimate of drug-likeness (QED) is 0.516. The zero-order valence-electron chi connectivity index (χ0n) is 20.2. The summed E-state index contributed by atoms with van der Waals surface area (Å²) in [5.74, 6) is -0.124. The van der Waals surface area contributed by atoms with Gasteiger partial charge in [0.2, 0.25) is 15.9 Å². The average molecular weight is 559 g/mol. The number of nitrogens with zero attached hydrogens (tertiary/aromatic N) is 3. The second-order valence-electron chi connectivity index (χ2n) is 9.50. The van der Waals surface area contributed by atoms with Crippen molar-refractivity contribution in [2.45, 2.75) is 31.2 Å². The van der Waals surface area contributed by atoms with Gasteiger partial charge in [-0.05, 0) is 30.7 Å². The molecule has 13 heteroatoms.